The molecule has 0 radical (unpaired) electrons. The van der Waals surface area contributed by atoms with Gasteiger partial charge in [0.15, 0.2) is 8.32 Å². The maximum atomic E-state index is 14.3. The fourth-order valence-electron chi connectivity index (χ4n) is 5.06. The number of halogens is 1. The molecule has 1 amide bonds. The number of hydrogen-bond acceptors (Lipinski definition) is 2. The Hall–Kier alpha value is -1.20. The van der Waals surface area contributed by atoms with Crippen molar-refractivity contribution in [3.63, 3.8) is 0 Å². The van der Waals surface area contributed by atoms with E-state index in [4.69, 9.17) is 4.43 Å². The van der Waals surface area contributed by atoms with Gasteiger partial charge in [-0.15, -0.1) is 0 Å². The van der Waals surface area contributed by atoms with Gasteiger partial charge in [0.25, 0.3) is 0 Å². The van der Waals surface area contributed by atoms with Crippen molar-refractivity contribution in [1.29, 1.82) is 0 Å². The topological polar surface area (TPSA) is 29.5 Å². The molecule has 0 aliphatic carbocycles. The molecule has 2 fully saturated rings. The molecule has 0 unspecified atom stereocenters. The summed E-state index contributed by atoms with van der Waals surface area (Å²) in [6, 6.07) is 5.30. The molecule has 0 bridgehead atoms. The summed E-state index contributed by atoms with van der Waals surface area (Å²) in [4.78, 5) is 15.1. The van der Waals surface area contributed by atoms with Gasteiger partial charge in [0.1, 0.15) is 5.82 Å². The Bertz CT molecular complexity index is 783. The molecule has 3 rings (SSSR count). The van der Waals surface area contributed by atoms with Gasteiger partial charge in [-0.05, 0) is 75.4 Å². The van der Waals surface area contributed by atoms with Gasteiger partial charge in [0, 0.05) is 6.42 Å². The minimum atomic E-state index is -2.00. The first kappa shape index (κ1) is 21.5. The zero-order chi connectivity index (χ0) is 21.1. The molecule has 1 aromatic carbocycles. The Labute approximate surface area is 170 Å². The van der Waals surface area contributed by atoms with E-state index in [9.17, 15) is 9.18 Å². The van der Waals surface area contributed by atoms with Gasteiger partial charge >= 0.3 is 0 Å². The van der Waals surface area contributed by atoms with Crippen LogP contribution in [0.25, 0.3) is 0 Å². The van der Waals surface area contributed by atoms with Crippen molar-refractivity contribution in [1.82, 2.24) is 4.90 Å². The molecule has 5 heteroatoms. The molecule has 0 spiro atoms. The third-order valence-corrected chi connectivity index (χ3v) is 12.2. The number of carbonyl (C=O) groups excluding carboxylic acids is 1. The number of rotatable bonds is 4. The Morgan fingerprint density at radius 2 is 1.82 bits per heavy atom. The van der Waals surface area contributed by atoms with Crippen molar-refractivity contribution < 1.29 is 13.6 Å². The predicted molar refractivity (Wildman–Crippen MR) is 114 cm³/mol. The summed E-state index contributed by atoms with van der Waals surface area (Å²) in [5.41, 5.74) is 0.823. The molecule has 2 heterocycles. The Morgan fingerprint density at radius 3 is 2.43 bits per heavy atom. The van der Waals surface area contributed by atoms with Crippen LogP contribution in [0.15, 0.2) is 18.2 Å². The van der Waals surface area contributed by atoms with Crippen molar-refractivity contribution in [2.75, 3.05) is 0 Å². The minimum Gasteiger partial charge on any atom is -0.410 e. The number of carbonyl (C=O) groups is 1. The Kier molecular flexibility index (Phi) is 5.12. The molecule has 2 atom stereocenters. The second-order valence-electron chi connectivity index (χ2n) is 10.7. The summed E-state index contributed by atoms with van der Waals surface area (Å²) in [5, 5.41) is 0.105. The Balaban J connectivity index is 2.00. The lowest BCUT2D eigenvalue weighted by Gasteiger charge is -2.48. The van der Waals surface area contributed by atoms with Crippen LogP contribution in [0.4, 0.5) is 4.39 Å². The Morgan fingerprint density at radius 1 is 1.18 bits per heavy atom. The average molecular weight is 406 g/mol. The van der Waals surface area contributed by atoms with E-state index in [-0.39, 0.29) is 28.3 Å². The highest BCUT2D eigenvalue weighted by atomic mass is 28.4. The molecule has 156 valence electrons. The van der Waals surface area contributed by atoms with Crippen molar-refractivity contribution >= 4 is 14.2 Å². The molecular weight excluding hydrogens is 369 g/mol. The standard InChI is InChI=1S/C23H36FNO2Si/c1-16-17(10-9-11-18(16)24)23-14-12-19(25(23)20(26)13-15-23)22(5,6)27-28(7,8)21(2,3)4/h9-11,19H,12-15H2,1-8H3/t19-,23-/m1/s1. The smallest absolute Gasteiger partial charge is 0.223 e. The van der Waals surface area contributed by atoms with Crippen LogP contribution < -0.4 is 0 Å². The lowest BCUT2D eigenvalue weighted by atomic mass is 9.83. The van der Waals surface area contributed by atoms with Gasteiger partial charge < -0.3 is 9.33 Å². The fraction of sp³-hybridized carbons (Fsp3) is 0.696. The summed E-state index contributed by atoms with van der Waals surface area (Å²) >= 11 is 0. The van der Waals surface area contributed by atoms with E-state index in [1.165, 1.54) is 6.07 Å². The van der Waals surface area contributed by atoms with Gasteiger partial charge in [0.05, 0.1) is 17.2 Å². The first-order valence-corrected chi connectivity index (χ1v) is 13.4. The number of nitrogens with zero attached hydrogens (tertiary/aromatic N) is 1. The minimum absolute atomic E-state index is 0.0132. The van der Waals surface area contributed by atoms with Crippen LogP contribution in [0.5, 0.6) is 0 Å². The molecular formula is C23H36FNO2Si. The number of hydrogen-bond donors (Lipinski definition) is 0. The normalized spacial score (nSPS) is 26.1. The van der Waals surface area contributed by atoms with E-state index in [1.54, 1.807) is 6.07 Å². The lowest BCUT2D eigenvalue weighted by Crippen LogP contribution is -2.57. The largest absolute Gasteiger partial charge is 0.410 e. The van der Waals surface area contributed by atoms with E-state index < -0.39 is 13.9 Å². The number of amides is 1. The molecule has 2 aliphatic heterocycles. The highest BCUT2D eigenvalue weighted by molar-refractivity contribution is 6.74. The van der Waals surface area contributed by atoms with Crippen molar-refractivity contribution in [2.45, 2.75) is 103 Å². The zero-order valence-electron chi connectivity index (χ0n) is 18.8. The summed E-state index contributed by atoms with van der Waals surface area (Å²) in [7, 11) is -2.00. The van der Waals surface area contributed by atoms with E-state index >= 15 is 0 Å². The monoisotopic (exact) mass is 405 g/mol. The van der Waals surface area contributed by atoms with Crippen LogP contribution >= 0.6 is 0 Å². The van der Waals surface area contributed by atoms with Gasteiger partial charge in [0.2, 0.25) is 5.91 Å². The fourth-order valence-corrected chi connectivity index (χ4v) is 6.82. The van der Waals surface area contributed by atoms with Crippen LogP contribution in [-0.2, 0) is 14.8 Å². The van der Waals surface area contributed by atoms with Crippen molar-refractivity contribution in [3.05, 3.63) is 35.1 Å². The molecule has 1 aromatic rings. The second kappa shape index (κ2) is 6.66. The molecule has 2 aliphatic rings. The highest BCUT2D eigenvalue weighted by Crippen LogP contribution is 2.54. The highest BCUT2D eigenvalue weighted by Gasteiger charge is 2.59. The summed E-state index contributed by atoms with van der Waals surface area (Å²) in [5.74, 6) is -0.00975. The molecule has 0 aromatic heterocycles. The molecule has 28 heavy (non-hydrogen) atoms. The van der Waals surface area contributed by atoms with Gasteiger partial charge in [-0.2, -0.15) is 0 Å². The lowest BCUT2D eigenvalue weighted by molar-refractivity contribution is -0.136. The molecule has 3 nitrogen and oxygen atoms in total. The van der Waals surface area contributed by atoms with Crippen LogP contribution in [-0.4, -0.2) is 30.8 Å². The maximum absolute atomic E-state index is 14.3. The predicted octanol–water partition coefficient (Wildman–Crippen LogP) is 5.91. The molecule has 0 saturated carbocycles. The molecule has 0 N–H and O–H groups in total. The second-order valence-corrected chi connectivity index (χ2v) is 15.5. The number of benzene rings is 1. The van der Waals surface area contributed by atoms with Gasteiger partial charge in [-0.25, -0.2) is 4.39 Å². The van der Waals surface area contributed by atoms with Crippen molar-refractivity contribution in [2.24, 2.45) is 0 Å². The van der Waals surface area contributed by atoms with Gasteiger partial charge in [-0.1, -0.05) is 32.9 Å². The summed E-state index contributed by atoms with van der Waals surface area (Å²) in [6.45, 7) is 17.4. The average Bonchev–Trinajstić information content (AvgIpc) is 3.08. The van der Waals surface area contributed by atoms with Crippen LogP contribution in [0.3, 0.4) is 0 Å². The van der Waals surface area contributed by atoms with Crippen LogP contribution in [0.2, 0.25) is 18.1 Å². The van der Waals surface area contributed by atoms with Crippen LogP contribution in [0.1, 0.15) is 71.4 Å². The van der Waals surface area contributed by atoms with Gasteiger partial charge in [-0.3, -0.25) is 4.79 Å². The quantitative estimate of drug-likeness (QED) is 0.582. The van der Waals surface area contributed by atoms with Crippen LogP contribution in [0, 0.1) is 12.7 Å². The third-order valence-electron chi connectivity index (χ3n) is 7.52. The molecule has 2 saturated heterocycles. The third kappa shape index (κ3) is 3.24. The summed E-state index contributed by atoms with van der Waals surface area (Å²) in [6.07, 6.45) is 3.06. The zero-order valence-corrected chi connectivity index (χ0v) is 19.8. The van der Waals surface area contributed by atoms with Crippen molar-refractivity contribution in [3.8, 4) is 0 Å². The van der Waals surface area contributed by atoms with E-state index in [2.05, 4.69) is 52.6 Å². The first-order chi connectivity index (χ1) is 12.7. The number of fused-ring (bicyclic) bond motifs is 1. The van der Waals surface area contributed by atoms with E-state index in [1.807, 2.05) is 13.0 Å². The SMILES string of the molecule is Cc1c(F)cccc1[C@@]12CCC(=O)N1[C@@H](C(C)(C)O[Si](C)(C)C(C)(C)C)CC2. The van der Waals surface area contributed by atoms with E-state index in [0.717, 1.165) is 24.8 Å². The maximum Gasteiger partial charge on any atom is 0.223 e. The summed E-state index contributed by atoms with van der Waals surface area (Å²) < 4.78 is 21.2. The van der Waals surface area contributed by atoms with E-state index in [0.29, 0.717) is 12.0 Å². The first-order valence-electron chi connectivity index (χ1n) is 10.5.